The second-order valence-corrected chi connectivity index (χ2v) is 6.32. The molecular formula is C16H20FN3S. The lowest BCUT2D eigenvalue weighted by Crippen LogP contribution is -2.21. The highest BCUT2D eigenvalue weighted by atomic mass is 32.1. The van der Waals surface area contributed by atoms with Crippen molar-refractivity contribution in [3.8, 4) is 0 Å². The highest BCUT2D eigenvalue weighted by Gasteiger charge is 2.25. The van der Waals surface area contributed by atoms with E-state index in [4.69, 9.17) is 4.98 Å². The summed E-state index contributed by atoms with van der Waals surface area (Å²) < 4.78 is 13.1. The second-order valence-electron chi connectivity index (χ2n) is 5.26. The van der Waals surface area contributed by atoms with E-state index >= 15 is 0 Å². The largest absolute Gasteiger partial charge is 0.318 e. The van der Waals surface area contributed by atoms with E-state index in [1.54, 1.807) is 11.3 Å². The molecule has 1 aromatic carbocycles. The average molecular weight is 305 g/mol. The zero-order chi connectivity index (χ0) is 14.8. The van der Waals surface area contributed by atoms with Crippen molar-refractivity contribution in [3.05, 3.63) is 40.7 Å². The van der Waals surface area contributed by atoms with Crippen LogP contribution in [0.15, 0.2) is 24.3 Å². The Bertz CT molecular complexity index is 608. The first-order chi connectivity index (χ1) is 10.2. The number of hydrogen-bond donors (Lipinski definition) is 1. The zero-order valence-corrected chi connectivity index (χ0v) is 13.2. The Balaban J connectivity index is 1.95. The van der Waals surface area contributed by atoms with Crippen LogP contribution in [0, 0.1) is 5.82 Å². The Morgan fingerprint density at radius 2 is 2.14 bits per heavy atom. The molecule has 0 bridgehead atoms. The molecule has 0 spiro atoms. The Morgan fingerprint density at radius 3 is 2.81 bits per heavy atom. The van der Waals surface area contributed by atoms with Gasteiger partial charge in [-0.25, -0.2) is 9.37 Å². The predicted molar refractivity (Wildman–Crippen MR) is 85.9 cm³/mol. The molecule has 3 nitrogen and oxygen atoms in total. The lowest BCUT2D eigenvalue weighted by molar-refractivity contribution is 0.490. The van der Waals surface area contributed by atoms with Gasteiger partial charge in [0, 0.05) is 17.1 Å². The summed E-state index contributed by atoms with van der Waals surface area (Å²) >= 11 is 1.77. The minimum atomic E-state index is -0.205. The SMILES string of the molecule is CCN(c1ccc(F)cc1)c1nc2c(s1)CCCC2NC. The summed E-state index contributed by atoms with van der Waals surface area (Å²) in [6.07, 6.45) is 3.48. The molecule has 1 heterocycles. The van der Waals surface area contributed by atoms with Gasteiger partial charge in [-0.3, -0.25) is 0 Å². The fourth-order valence-corrected chi connectivity index (χ4v) is 4.10. The molecule has 1 aliphatic carbocycles. The first-order valence-electron chi connectivity index (χ1n) is 7.43. The number of aromatic nitrogens is 1. The Morgan fingerprint density at radius 1 is 1.38 bits per heavy atom. The quantitative estimate of drug-likeness (QED) is 0.924. The van der Waals surface area contributed by atoms with E-state index in [-0.39, 0.29) is 5.82 Å². The van der Waals surface area contributed by atoms with Gasteiger partial charge in [0.15, 0.2) is 5.13 Å². The summed E-state index contributed by atoms with van der Waals surface area (Å²) in [6, 6.07) is 7.00. The molecule has 1 N–H and O–H groups in total. The summed E-state index contributed by atoms with van der Waals surface area (Å²) in [5.41, 5.74) is 2.19. The maximum atomic E-state index is 13.1. The maximum Gasteiger partial charge on any atom is 0.190 e. The number of benzene rings is 1. The molecule has 0 amide bonds. The lowest BCUT2D eigenvalue weighted by atomic mass is 9.98. The second kappa shape index (κ2) is 6.12. The van der Waals surface area contributed by atoms with Crippen molar-refractivity contribution in [3.63, 3.8) is 0 Å². The number of aryl methyl sites for hydroxylation is 1. The number of rotatable bonds is 4. The number of nitrogens with zero attached hydrogens (tertiary/aromatic N) is 2. The maximum absolute atomic E-state index is 13.1. The highest BCUT2D eigenvalue weighted by molar-refractivity contribution is 7.15. The van der Waals surface area contributed by atoms with E-state index in [0.29, 0.717) is 6.04 Å². The van der Waals surface area contributed by atoms with Crippen LogP contribution in [0.25, 0.3) is 0 Å². The van der Waals surface area contributed by atoms with Crippen molar-refractivity contribution in [2.75, 3.05) is 18.5 Å². The molecule has 1 atom stereocenters. The summed E-state index contributed by atoms with van der Waals surface area (Å²) in [6.45, 7) is 2.92. The normalized spacial score (nSPS) is 17.6. The molecule has 0 fully saturated rings. The number of nitrogens with one attached hydrogen (secondary N) is 1. The number of hydrogen-bond acceptors (Lipinski definition) is 4. The van der Waals surface area contributed by atoms with E-state index in [2.05, 4.69) is 17.1 Å². The van der Waals surface area contributed by atoms with Gasteiger partial charge in [0.05, 0.1) is 11.7 Å². The van der Waals surface area contributed by atoms with Crippen LogP contribution >= 0.6 is 11.3 Å². The van der Waals surface area contributed by atoms with E-state index < -0.39 is 0 Å². The highest BCUT2D eigenvalue weighted by Crippen LogP contribution is 2.38. The molecule has 2 aromatic rings. The standard InChI is InChI=1S/C16H20FN3S/c1-3-20(12-9-7-11(17)8-10-12)16-19-15-13(18-2)5-4-6-14(15)21-16/h7-10,13,18H,3-6H2,1-2H3. The van der Waals surface area contributed by atoms with Crippen molar-refractivity contribution in [2.45, 2.75) is 32.2 Å². The van der Waals surface area contributed by atoms with Gasteiger partial charge < -0.3 is 10.2 Å². The first-order valence-corrected chi connectivity index (χ1v) is 8.24. The van der Waals surface area contributed by atoms with Gasteiger partial charge in [-0.2, -0.15) is 0 Å². The smallest absolute Gasteiger partial charge is 0.190 e. The van der Waals surface area contributed by atoms with Crippen LogP contribution in [0.1, 0.15) is 36.4 Å². The van der Waals surface area contributed by atoms with Gasteiger partial charge in [0.25, 0.3) is 0 Å². The molecule has 112 valence electrons. The van der Waals surface area contributed by atoms with Crippen LogP contribution in [0.3, 0.4) is 0 Å². The number of halogens is 1. The van der Waals surface area contributed by atoms with E-state index in [1.807, 2.05) is 19.2 Å². The average Bonchev–Trinajstić information content (AvgIpc) is 2.93. The van der Waals surface area contributed by atoms with Crippen molar-refractivity contribution in [1.29, 1.82) is 0 Å². The van der Waals surface area contributed by atoms with Gasteiger partial charge in [0.1, 0.15) is 5.82 Å². The molecule has 1 aromatic heterocycles. The fraction of sp³-hybridized carbons (Fsp3) is 0.438. The van der Waals surface area contributed by atoms with Crippen molar-refractivity contribution in [2.24, 2.45) is 0 Å². The van der Waals surface area contributed by atoms with Gasteiger partial charge >= 0.3 is 0 Å². The van der Waals surface area contributed by atoms with Crippen LogP contribution in [0.4, 0.5) is 15.2 Å². The summed E-state index contributed by atoms with van der Waals surface area (Å²) in [7, 11) is 2.00. The molecule has 1 unspecified atom stereocenters. The molecule has 0 saturated carbocycles. The topological polar surface area (TPSA) is 28.2 Å². The van der Waals surface area contributed by atoms with E-state index in [9.17, 15) is 4.39 Å². The molecule has 0 aliphatic heterocycles. The van der Waals surface area contributed by atoms with Gasteiger partial charge in [0.2, 0.25) is 0 Å². The third-order valence-electron chi connectivity index (χ3n) is 3.98. The van der Waals surface area contributed by atoms with Crippen LogP contribution in [-0.2, 0) is 6.42 Å². The fourth-order valence-electron chi connectivity index (χ4n) is 2.85. The zero-order valence-electron chi connectivity index (χ0n) is 12.4. The van der Waals surface area contributed by atoms with Crippen molar-refractivity contribution < 1.29 is 4.39 Å². The number of fused-ring (bicyclic) bond motifs is 1. The van der Waals surface area contributed by atoms with Gasteiger partial charge in [-0.15, -0.1) is 11.3 Å². The van der Waals surface area contributed by atoms with Crippen molar-refractivity contribution >= 4 is 22.2 Å². The lowest BCUT2D eigenvalue weighted by Gasteiger charge is -2.20. The first kappa shape index (κ1) is 14.5. The van der Waals surface area contributed by atoms with E-state index in [1.165, 1.54) is 29.1 Å². The number of thiazole rings is 1. The third-order valence-corrected chi connectivity index (χ3v) is 5.13. The summed E-state index contributed by atoms with van der Waals surface area (Å²) in [4.78, 5) is 8.39. The van der Waals surface area contributed by atoms with Gasteiger partial charge in [-0.05, 0) is 57.5 Å². The molecule has 5 heteroatoms. The molecule has 0 saturated heterocycles. The van der Waals surface area contributed by atoms with Crippen LogP contribution in [0.5, 0.6) is 0 Å². The van der Waals surface area contributed by atoms with E-state index in [0.717, 1.165) is 30.2 Å². The molecule has 0 radical (unpaired) electrons. The molecular weight excluding hydrogens is 285 g/mol. The third kappa shape index (κ3) is 2.80. The summed E-state index contributed by atoms with van der Waals surface area (Å²) in [5, 5.41) is 4.36. The summed E-state index contributed by atoms with van der Waals surface area (Å²) in [5.74, 6) is -0.205. The Kier molecular flexibility index (Phi) is 4.22. The Hall–Kier alpha value is -1.46. The molecule has 1 aliphatic rings. The predicted octanol–water partition coefficient (Wildman–Crippen LogP) is 4.04. The molecule has 3 rings (SSSR count). The van der Waals surface area contributed by atoms with Crippen molar-refractivity contribution in [1.82, 2.24) is 10.3 Å². The minimum Gasteiger partial charge on any atom is -0.318 e. The minimum absolute atomic E-state index is 0.205. The number of anilines is 2. The van der Waals surface area contributed by atoms with Crippen LogP contribution in [-0.4, -0.2) is 18.6 Å². The Labute approximate surface area is 128 Å². The molecule has 21 heavy (non-hydrogen) atoms. The van der Waals surface area contributed by atoms with Gasteiger partial charge in [-0.1, -0.05) is 0 Å². The monoisotopic (exact) mass is 305 g/mol. The van der Waals surface area contributed by atoms with Crippen LogP contribution in [0.2, 0.25) is 0 Å². The van der Waals surface area contributed by atoms with Crippen LogP contribution < -0.4 is 10.2 Å².